The first-order valence-corrected chi connectivity index (χ1v) is 8.40. The van der Waals surface area contributed by atoms with Gasteiger partial charge in [-0.2, -0.15) is 0 Å². The lowest BCUT2D eigenvalue weighted by molar-refractivity contribution is 0.165. The monoisotopic (exact) mass is 272 g/mol. The Labute approximate surface area is 123 Å². The third kappa shape index (κ3) is 4.07. The topological polar surface area (TPSA) is 15.3 Å². The SMILES string of the molecule is c1ccc(CNC2CCCN(CC3CCCC3)C2)cc1. The van der Waals surface area contributed by atoms with Gasteiger partial charge in [-0.1, -0.05) is 43.2 Å². The van der Waals surface area contributed by atoms with Crippen LogP contribution in [0.1, 0.15) is 44.1 Å². The summed E-state index contributed by atoms with van der Waals surface area (Å²) in [7, 11) is 0. The lowest BCUT2D eigenvalue weighted by Crippen LogP contribution is -2.46. The van der Waals surface area contributed by atoms with Crippen LogP contribution < -0.4 is 5.32 Å². The molecule has 1 aliphatic heterocycles. The summed E-state index contributed by atoms with van der Waals surface area (Å²) in [5.41, 5.74) is 1.40. The first-order chi connectivity index (χ1) is 9.90. The summed E-state index contributed by atoms with van der Waals surface area (Å²) in [6.07, 6.45) is 8.58. The molecule has 2 nitrogen and oxygen atoms in total. The molecule has 1 atom stereocenters. The zero-order chi connectivity index (χ0) is 13.6. The number of likely N-dealkylation sites (tertiary alicyclic amines) is 1. The number of nitrogens with one attached hydrogen (secondary N) is 1. The van der Waals surface area contributed by atoms with Gasteiger partial charge in [-0.05, 0) is 43.7 Å². The van der Waals surface area contributed by atoms with Gasteiger partial charge in [0, 0.05) is 25.7 Å². The Morgan fingerprint density at radius 3 is 2.60 bits per heavy atom. The van der Waals surface area contributed by atoms with Gasteiger partial charge in [-0.3, -0.25) is 0 Å². The van der Waals surface area contributed by atoms with Crippen LogP contribution in [0.4, 0.5) is 0 Å². The number of nitrogens with zero attached hydrogens (tertiary/aromatic N) is 1. The molecule has 2 heteroatoms. The fraction of sp³-hybridized carbons (Fsp3) is 0.667. The van der Waals surface area contributed by atoms with Crippen molar-refractivity contribution in [1.82, 2.24) is 10.2 Å². The summed E-state index contributed by atoms with van der Waals surface area (Å²) in [5, 5.41) is 3.75. The van der Waals surface area contributed by atoms with Crippen molar-refractivity contribution in [3.8, 4) is 0 Å². The molecule has 1 saturated carbocycles. The average molecular weight is 272 g/mol. The Kier molecular flexibility index (Phi) is 5.10. The predicted molar refractivity (Wildman–Crippen MR) is 84.7 cm³/mol. The fourth-order valence-corrected chi connectivity index (χ4v) is 3.80. The van der Waals surface area contributed by atoms with Crippen molar-refractivity contribution < 1.29 is 0 Å². The summed E-state index contributed by atoms with van der Waals surface area (Å²) < 4.78 is 0. The quantitative estimate of drug-likeness (QED) is 0.883. The third-order valence-electron chi connectivity index (χ3n) is 4.93. The van der Waals surface area contributed by atoms with E-state index < -0.39 is 0 Å². The van der Waals surface area contributed by atoms with E-state index in [0.29, 0.717) is 6.04 Å². The smallest absolute Gasteiger partial charge is 0.0208 e. The molecule has 1 N–H and O–H groups in total. The van der Waals surface area contributed by atoms with E-state index in [1.165, 1.54) is 63.7 Å². The molecule has 2 aliphatic rings. The van der Waals surface area contributed by atoms with Gasteiger partial charge in [0.05, 0.1) is 0 Å². The molecule has 2 fully saturated rings. The van der Waals surface area contributed by atoms with E-state index in [-0.39, 0.29) is 0 Å². The molecule has 1 heterocycles. The highest BCUT2D eigenvalue weighted by atomic mass is 15.2. The maximum atomic E-state index is 3.75. The lowest BCUT2D eigenvalue weighted by atomic mass is 10.0. The van der Waals surface area contributed by atoms with Gasteiger partial charge in [0.2, 0.25) is 0 Å². The van der Waals surface area contributed by atoms with Crippen molar-refractivity contribution in [2.24, 2.45) is 5.92 Å². The van der Waals surface area contributed by atoms with Crippen molar-refractivity contribution in [2.75, 3.05) is 19.6 Å². The molecule has 20 heavy (non-hydrogen) atoms. The van der Waals surface area contributed by atoms with Gasteiger partial charge in [0.25, 0.3) is 0 Å². The Bertz CT molecular complexity index is 384. The Hall–Kier alpha value is -0.860. The second kappa shape index (κ2) is 7.24. The number of rotatable bonds is 5. The molecular formula is C18H28N2. The first kappa shape index (κ1) is 14.1. The van der Waals surface area contributed by atoms with Gasteiger partial charge in [-0.15, -0.1) is 0 Å². The van der Waals surface area contributed by atoms with E-state index >= 15 is 0 Å². The predicted octanol–water partition coefficient (Wildman–Crippen LogP) is 3.43. The van der Waals surface area contributed by atoms with Gasteiger partial charge < -0.3 is 10.2 Å². The minimum absolute atomic E-state index is 0.686. The van der Waals surface area contributed by atoms with Crippen LogP contribution in [0.3, 0.4) is 0 Å². The standard InChI is InChI=1S/C18H28N2/c1-2-7-16(8-3-1)13-19-18-11-6-12-20(15-18)14-17-9-4-5-10-17/h1-3,7-8,17-19H,4-6,9-15H2. The Morgan fingerprint density at radius 1 is 1.00 bits per heavy atom. The number of piperidine rings is 1. The van der Waals surface area contributed by atoms with Gasteiger partial charge in [-0.25, -0.2) is 0 Å². The third-order valence-corrected chi connectivity index (χ3v) is 4.93. The second-order valence-corrected chi connectivity index (χ2v) is 6.62. The van der Waals surface area contributed by atoms with Crippen molar-refractivity contribution >= 4 is 0 Å². The van der Waals surface area contributed by atoms with Crippen LogP contribution in [0.5, 0.6) is 0 Å². The highest BCUT2D eigenvalue weighted by Crippen LogP contribution is 2.26. The summed E-state index contributed by atoms with van der Waals surface area (Å²) >= 11 is 0. The highest BCUT2D eigenvalue weighted by Gasteiger charge is 2.23. The van der Waals surface area contributed by atoms with Crippen LogP contribution in [-0.2, 0) is 6.54 Å². The molecule has 0 radical (unpaired) electrons. The van der Waals surface area contributed by atoms with Crippen LogP contribution in [0.2, 0.25) is 0 Å². The van der Waals surface area contributed by atoms with Gasteiger partial charge >= 0.3 is 0 Å². The Balaban J connectivity index is 1.43. The molecular weight excluding hydrogens is 244 g/mol. The molecule has 3 rings (SSSR count). The zero-order valence-corrected chi connectivity index (χ0v) is 12.6. The van der Waals surface area contributed by atoms with E-state index in [2.05, 4.69) is 40.5 Å². The molecule has 1 aromatic rings. The molecule has 1 aromatic carbocycles. The van der Waals surface area contributed by atoms with E-state index in [4.69, 9.17) is 0 Å². The van der Waals surface area contributed by atoms with Crippen molar-refractivity contribution in [2.45, 2.75) is 51.1 Å². The molecule has 1 unspecified atom stereocenters. The fourth-order valence-electron chi connectivity index (χ4n) is 3.80. The van der Waals surface area contributed by atoms with E-state index in [1.807, 2.05) is 0 Å². The van der Waals surface area contributed by atoms with Crippen molar-refractivity contribution in [3.63, 3.8) is 0 Å². The van der Waals surface area contributed by atoms with E-state index in [9.17, 15) is 0 Å². The molecule has 0 aromatic heterocycles. The van der Waals surface area contributed by atoms with Crippen molar-refractivity contribution in [3.05, 3.63) is 35.9 Å². The lowest BCUT2D eigenvalue weighted by Gasteiger charge is -2.34. The Morgan fingerprint density at radius 2 is 1.80 bits per heavy atom. The first-order valence-electron chi connectivity index (χ1n) is 8.40. The second-order valence-electron chi connectivity index (χ2n) is 6.62. The molecule has 0 amide bonds. The summed E-state index contributed by atoms with van der Waals surface area (Å²) in [6.45, 7) is 4.94. The molecule has 1 saturated heterocycles. The summed E-state index contributed by atoms with van der Waals surface area (Å²) in [6, 6.07) is 11.5. The minimum Gasteiger partial charge on any atom is -0.309 e. The number of hydrogen-bond donors (Lipinski definition) is 1. The maximum Gasteiger partial charge on any atom is 0.0208 e. The molecule has 0 bridgehead atoms. The summed E-state index contributed by atoms with van der Waals surface area (Å²) in [5.74, 6) is 0.989. The number of benzene rings is 1. The zero-order valence-electron chi connectivity index (χ0n) is 12.6. The van der Waals surface area contributed by atoms with Crippen molar-refractivity contribution in [1.29, 1.82) is 0 Å². The number of hydrogen-bond acceptors (Lipinski definition) is 2. The minimum atomic E-state index is 0.686. The van der Waals surface area contributed by atoms with Crippen LogP contribution in [0.25, 0.3) is 0 Å². The summed E-state index contributed by atoms with van der Waals surface area (Å²) in [4.78, 5) is 2.71. The molecule has 1 aliphatic carbocycles. The van der Waals surface area contributed by atoms with E-state index in [0.717, 1.165) is 12.5 Å². The maximum absolute atomic E-state index is 3.75. The van der Waals surface area contributed by atoms with Crippen LogP contribution >= 0.6 is 0 Å². The molecule has 110 valence electrons. The van der Waals surface area contributed by atoms with Gasteiger partial charge in [0.15, 0.2) is 0 Å². The molecule has 0 spiro atoms. The normalized spacial score (nSPS) is 25.1. The average Bonchev–Trinajstić information content (AvgIpc) is 3.00. The van der Waals surface area contributed by atoms with Crippen LogP contribution in [0, 0.1) is 5.92 Å². The largest absolute Gasteiger partial charge is 0.309 e. The highest BCUT2D eigenvalue weighted by molar-refractivity contribution is 5.14. The van der Waals surface area contributed by atoms with Crippen LogP contribution in [0.15, 0.2) is 30.3 Å². The van der Waals surface area contributed by atoms with Gasteiger partial charge in [0.1, 0.15) is 0 Å². The van der Waals surface area contributed by atoms with E-state index in [1.54, 1.807) is 0 Å². The van der Waals surface area contributed by atoms with Crippen LogP contribution in [-0.4, -0.2) is 30.6 Å².